The second-order valence-corrected chi connectivity index (χ2v) is 28.8. The minimum atomic E-state index is -5.72. The summed E-state index contributed by atoms with van der Waals surface area (Å²) >= 11 is 0. The predicted molar refractivity (Wildman–Crippen MR) is 320 cm³/mol. The molecule has 26 nitrogen and oxygen atoms in total. The summed E-state index contributed by atoms with van der Waals surface area (Å²) in [5.74, 6) is 5.57. The van der Waals surface area contributed by atoms with Crippen LogP contribution >= 0.6 is 23.5 Å². The zero-order valence-corrected chi connectivity index (χ0v) is 52.3. The van der Waals surface area contributed by atoms with Gasteiger partial charge in [0.1, 0.15) is 30.3 Å². The number of allylic oxidation sites excluding steroid dienone is 7. The van der Waals surface area contributed by atoms with Gasteiger partial charge in [0, 0.05) is 60.1 Å². The van der Waals surface area contributed by atoms with E-state index in [9.17, 15) is 63.8 Å². The molecule has 3 heterocycles. The summed E-state index contributed by atoms with van der Waals surface area (Å²) in [6, 6.07) is 21.8. The highest BCUT2D eigenvalue weighted by molar-refractivity contribution is 7.86. The Morgan fingerprint density at radius 1 is 0.805 bits per heavy atom. The van der Waals surface area contributed by atoms with Crippen LogP contribution in [0.15, 0.2) is 140 Å². The van der Waals surface area contributed by atoms with Crippen molar-refractivity contribution in [2.45, 2.75) is 108 Å². The smallest absolute Gasteiger partial charge is 0.457 e. The van der Waals surface area contributed by atoms with Crippen molar-refractivity contribution in [2.75, 3.05) is 43.5 Å². The van der Waals surface area contributed by atoms with E-state index >= 15 is 0 Å². The fraction of sp³-hybridized carbons (Fsp3) is 0.393. The number of aromatic nitrogens is 2. The lowest BCUT2D eigenvalue weighted by atomic mass is 9.81. The highest BCUT2D eigenvalue weighted by Crippen LogP contribution is 2.66. The molecule has 470 valence electrons. The lowest BCUT2D eigenvalue weighted by Gasteiger charge is -2.27. The highest BCUT2D eigenvalue weighted by atomic mass is 32.2. The molecule has 1 aliphatic carbocycles. The number of benzene rings is 3. The average molecular weight is 1310 g/mol. The van der Waals surface area contributed by atoms with Crippen molar-refractivity contribution in [3.63, 3.8) is 0 Å². The Bertz CT molecular complexity index is 3990. The van der Waals surface area contributed by atoms with Crippen LogP contribution in [0.5, 0.6) is 5.75 Å². The SMILES string of the molecule is CC1(C)C(=CC=C2CCCC(C=CC3=[N+](CCCCCC(=O)NCC#Cc4cn(COCCOP(=O)(O)OP(=O)(O)OP(=O)(O)O)c(=O)[nH]c4=O)c4ccccc4C3(C)C)=C2Oc2ccc(S(=O)(=O)O)cc2)N(CCCCS(=O)(=O)O)c2ccccc21. The van der Waals surface area contributed by atoms with Crippen LogP contribution < -0.4 is 26.2 Å². The van der Waals surface area contributed by atoms with Gasteiger partial charge in [0.25, 0.3) is 25.8 Å². The van der Waals surface area contributed by atoms with Crippen LogP contribution in [0, 0.1) is 11.8 Å². The number of carbonyl (C=O) groups excluding carboxylic acids is 1. The van der Waals surface area contributed by atoms with Crippen molar-refractivity contribution in [1.82, 2.24) is 14.9 Å². The first kappa shape index (κ1) is 68.3. The van der Waals surface area contributed by atoms with E-state index in [1.54, 1.807) is 0 Å². The number of unbranched alkanes of at least 4 members (excludes halogenated alkanes) is 3. The van der Waals surface area contributed by atoms with Gasteiger partial charge < -0.3 is 39.3 Å². The summed E-state index contributed by atoms with van der Waals surface area (Å²) in [5.41, 5.74) is 5.34. The normalized spacial score (nSPS) is 18.1. The summed E-state index contributed by atoms with van der Waals surface area (Å²) < 4.78 is 127. The van der Waals surface area contributed by atoms with Gasteiger partial charge in [-0.05, 0) is 118 Å². The van der Waals surface area contributed by atoms with Crippen LogP contribution in [0.3, 0.4) is 0 Å². The van der Waals surface area contributed by atoms with Gasteiger partial charge in [-0.3, -0.25) is 32.8 Å². The summed E-state index contributed by atoms with van der Waals surface area (Å²) in [7, 11) is -25.3. The number of amides is 1. The Balaban J connectivity index is 1.02. The maximum atomic E-state index is 12.9. The number of phosphoric ester groups is 1. The number of H-pyrrole nitrogens is 1. The van der Waals surface area contributed by atoms with Crippen LogP contribution in [-0.4, -0.2) is 110 Å². The Labute approximate surface area is 502 Å². The second-order valence-electron chi connectivity index (χ2n) is 21.4. The van der Waals surface area contributed by atoms with Gasteiger partial charge >= 0.3 is 29.2 Å². The van der Waals surface area contributed by atoms with Gasteiger partial charge in [0.2, 0.25) is 11.6 Å². The molecule has 0 radical (unpaired) electrons. The van der Waals surface area contributed by atoms with Gasteiger partial charge in [-0.2, -0.15) is 30.0 Å². The van der Waals surface area contributed by atoms with E-state index in [-0.39, 0.29) is 41.5 Å². The van der Waals surface area contributed by atoms with E-state index in [1.165, 1.54) is 24.3 Å². The van der Waals surface area contributed by atoms with Crippen molar-refractivity contribution >= 4 is 66.7 Å². The largest absolute Gasteiger partial charge is 0.490 e. The highest BCUT2D eigenvalue weighted by Gasteiger charge is 2.45. The number of rotatable bonds is 28. The third-order valence-corrected chi connectivity index (χ3v) is 19.9. The molecule has 0 spiro atoms. The Hall–Kier alpha value is -6.21. The topological polar surface area (TPSA) is 377 Å². The molecule has 2 aliphatic heterocycles. The number of nitrogens with one attached hydrogen (secondary N) is 2. The fourth-order valence-electron chi connectivity index (χ4n) is 10.3. The lowest BCUT2D eigenvalue weighted by molar-refractivity contribution is -0.438. The van der Waals surface area contributed by atoms with Crippen molar-refractivity contribution < 1.29 is 91.2 Å². The number of phosphoric acid groups is 3. The number of carbonyl (C=O) groups is 1. The quantitative estimate of drug-likeness (QED) is 0.00894. The van der Waals surface area contributed by atoms with Crippen molar-refractivity contribution in [2.24, 2.45) is 0 Å². The minimum absolute atomic E-state index is 0.132. The zero-order chi connectivity index (χ0) is 63.6. The number of para-hydroxylation sites is 2. The third-order valence-electron chi connectivity index (χ3n) is 14.4. The van der Waals surface area contributed by atoms with E-state index in [1.807, 2.05) is 30.3 Å². The molecule has 0 saturated heterocycles. The van der Waals surface area contributed by atoms with Crippen LogP contribution in [-0.2, 0) is 74.2 Å². The molecule has 0 bridgehead atoms. The molecule has 3 aliphatic rings. The minimum Gasteiger partial charge on any atom is -0.457 e. The van der Waals surface area contributed by atoms with Gasteiger partial charge in [-0.1, -0.05) is 68.2 Å². The predicted octanol–water partition coefficient (Wildman–Crippen LogP) is 7.55. The summed E-state index contributed by atoms with van der Waals surface area (Å²) in [6.45, 7) is 7.76. The summed E-state index contributed by atoms with van der Waals surface area (Å²) in [4.78, 5) is 77.8. The molecular formula is C56H69N5O21P3S2+. The molecule has 1 aromatic heterocycles. The Morgan fingerprint density at radius 3 is 2.21 bits per heavy atom. The van der Waals surface area contributed by atoms with E-state index in [4.69, 9.17) is 19.3 Å². The third kappa shape index (κ3) is 18.9. The van der Waals surface area contributed by atoms with Crippen molar-refractivity contribution in [3.05, 3.63) is 163 Å². The molecule has 31 heteroatoms. The van der Waals surface area contributed by atoms with E-state index in [0.717, 1.165) is 68.7 Å². The maximum absolute atomic E-state index is 12.9. The van der Waals surface area contributed by atoms with Gasteiger partial charge in [-0.15, -0.1) is 0 Å². The van der Waals surface area contributed by atoms with E-state index < -0.39 is 85.7 Å². The molecule has 0 saturated carbocycles. The zero-order valence-electron chi connectivity index (χ0n) is 47.9. The monoisotopic (exact) mass is 1300 g/mol. The standard InChI is InChI=1S/C56H68N5O21P3S2/c1-55(2)45-19-7-9-21-47(45)60(33-11-5-6-23-51(62)57-32-15-18-42-38-59(54(64)58-53(42)63)39-78-35-36-79-84(68,69)82-85(70,71)81-83(65,66)67)49(55)30-24-40-16-14-17-41(52(40)80-43-26-28-44(29-27-43)87(75,76)77)25-31-50-56(3,4)46-20-8-10-22-48(46)61(50)34-12-13-37-86(72,73)74/h7-10,19-22,24-31,38H,5-6,11-14,16-17,23,32-37,39H2,1-4H3,(H7-,57,58,62,63,64,65,66,67,68,69,70,71,72,73,74,75,76,77)/p+1. The molecule has 3 aromatic carbocycles. The number of fused-ring (bicyclic) bond motifs is 2. The fourth-order valence-corrected chi connectivity index (χ4v) is 14.4. The van der Waals surface area contributed by atoms with Crippen LogP contribution in [0.25, 0.3) is 0 Å². The molecule has 4 aromatic rings. The molecular weight excluding hydrogens is 1240 g/mol. The van der Waals surface area contributed by atoms with Crippen molar-refractivity contribution in [1.29, 1.82) is 0 Å². The second kappa shape index (κ2) is 28.5. The molecule has 2 atom stereocenters. The average Bonchev–Trinajstić information content (AvgIpc) is 2.73. The first-order chi connectivity index (χ1) is 40.7. The summed E-state index contributed by atoms with van der Waals surface area (Å²) in [5, 5.41) is 2.70. The maximum Gasteiger partial charge on any atom is 0.490 e. The number of nitrogens with zero attached hydrogens (tertiary/aromatic N) is 3. The van der Waals surface area contributed by atoms with Gasteiger partial charge in [-0.25, -0.2) is 18.5 Å². The summed E-state index contributed by atoms with van der Waals surface area (Å²) in [6.07, 6.45) is 14.4. The van der Waals surface area contributed by atoms with E-state index in [2.05, 4.69) is 115 Å². The van der Waals surface area contributed by atoms with Gasteiger partial charge in [0.15, 0.2) is 5.71 Å². The number of aromatic amines is 1. The first-order valence-corrected chi connectivity index (χ1v) is 34.9. The molecule has 87 heavy (non-hydrogen) atoms. The van der Waals surface area contributed by atoms with Gasteiger partial charge in [0.05, 0.1) is 35.8 Å². The first-order valence-electron chi connectivity index (χ1n) is 27.4. The Kier molecular flexibility index (Phi) is 22.4. The number of anilines is 1. The van der Waals surface area contributed by atoms with Crippen LogP contribution in [0.4, 0.5) is 11.4 Å². The Morgan fingerprint density at radius 2 is 1.51 bits per heavy atom. The van der Waals surface area contributed by atoms with E-state index in [0.29, 0.717) is 56.7 Å². The molecule has 8 N–H and O–H groups in total. The number of hydrogen-bond donors (Lipinski definition) is 8. The molecule has 7 rings (SSSR count). The van der Waals surface area contributed by atoms with Crippen molar-refractivity contribution in [3.8, 4) is 17.6 Å². The van der Waals surface area contributed by atoms with Crippen LogP contribution in [0.1, 0.15) is 102 Å². The molecule has 2 unspecified atom stereocenters. The molecule has 0 fully saturated rings. The molecule has 1 amide bonds. The number of ether oxygens (including phenoxy) is 2. The lowest BCUT2D eigenvalue weighted by Crippen LogP contribution is -2.32. The van der Waals surface area contributed by atoms with Crippen LogP contribution in [0.2, 0.25) is 0 Å². The number of hydrogen-bond acceptors (Lipinski definition) is 16.